The maximum atomic E-state index is 13.3. The van der Waals surface area contributed by atoms with Crippen LogP contribution in [0.1, 0.15) is 24.2 Å². The van der Waals surface area contributed by atoms with Crippen LogP contribution in [-0.2, 0) is 9.53 Å². The number of fused-ring (bicyclic) bond motifs is 3. The lowest BCUT2D eigenvalue weighted by Crippen LogP contribution is -2.39. The number of carbonyl (C=O) groups is 2. The number of aromatic nitrogens is 1. The number of nitrogens with two attached hydrogens (primary N) is 1. The average molecular weight is 489 g/mol. The van der Waals surface area contributed by atoms with Crippen LogP contribution in [0.5, 0.6) is 5.75 Å². The minimum atomic E-state index is -0.701. The van der Waals surface area contributed by atoms with Gasteiger partial charge in [0.05, 0.1) is 30.9 Å². The molecule has 0 bridgehead atoms. The molecular weight excluding hydrogens is 460 g/mol. The Bertz CT molecular complexity index is 1500. The molecule has 5 N–H and O–H groups in total. The van der Waals surface area contributed by atoms with Gasteiger partial charge in [0, 0.05) is 28.2 Å². The van der Waals surface area contributed by atoms with Crippen LogP contribution in [0.4, 0.5) is 11.4 Å². The van der Waals surface area contributed by atoms with Crippen LogP contribution in [0.3, 0.4) is 0 Å². The molecule has 186 valence electrons. The number of primary amides is 1. The number of amides is 2. The molecule has 4 aromatic rings. The number of para-hydroxylation sites is 1. The first-order valence-corrected chi connectivity index (χ1v) is 11.5. The summed E-state index contributed by atoms with van der Waals surface area (Å²) in [6, 6.07) is 16.6. The molecule has 0 saturated carbocycles. The van der Waals surface area contributed by atoms with Crippen molar-refractivity contribution in [2.45, 2.75) is 26.0 Å². The smallest absolute Gasteiger partial charge is 0.256 e. The molecule has 4 rings (SSSR count). The maximum Gasteiger partial charge on any atom is 0.256 e. The fourth-order valence-electron chi connectivity index (χ4n) is 3.96. The van der Waals surface area contributed by atoms with Crippen LogP contribution in [-0.4, -0.2) is 42.7 Å². The van der Waals surface area contributed by atoms with Crippen LogP contribution in [0.15, 0.2) is 65.5 Å². The van der Waals surface area contributed by atoms with Gasteiger partial charge in [-0.1, -0.05) is 18.2 Å². The molecule has 0 unspecified atom stereocenters. The third kappa shape index (κ3) is 5.31. The molecule has 3 aromatic carbocycles. The van der Waals surface area contributed by atoms with Crippen molar-refractivity contribution in [3.05, 3.63) is 76.6 Å². The predicted octanol–water partition coefficient (Wildman–Crippen LogP) is 3.63. The highest BCUT2D eigenvalue weighted by Crippen LogP contribution is 2.26. The van der Waals surface area contributed by atoms with Crippen LogP contribution in [0.2, 0.25) is 0 Å². The summed E-state index contributed by atoms with van der Waals surface area (Å²) >= 11 is 0. The number of anilines is 2. The fraction of sp³-hybridized carbons (Fsp3) is 0.222. The zero-order valence-corrected chi connectivity index (χ0v) is 20.3. The standard InChI is InChI=1S/C27H28N4O5/c1-15(2)36-14-23(29-16-6-4-7-18(12-16)35-3)27(34)30-17-10-11-20-22(13-17)19-8-5-9-21(25(28)32)24(19)31-26(20)33/h4-13,15,23,29H,14H2,1-3H3,(H2,28,32)(H,30,34)(H,31,33)/t23-/m0/s1. The number of hydrogen-bond acceptors (Lipinski definition) is 6. The van der Waals surface area contributed by atoms with Gasteiger partial charge in [-0.2, -0.15) is 0 Å². The summed E-state index contributed by atoms with van der Waals surface area (Å²) in [6.45, 7) is 3.93. The Labute approximate surface area is 207 Å². The van der Waals surface area contributed by atoms with Crippen LogP contribution >= 0.6 is 0 Å². The van der Waals surface area contributed by atoms with Gasteiger partial charge >= 0.3 is 0 Å². The summed E-state index contributed by atoms with van der Waals surface area (Å²) in [4.78, 5) is 40.6. The zero-order chi connectivity index (χ0) is 25.8. The van der Waals surface area contributed by atoms with Crippen molar-refractivity contribution in [1.29, 1.82) is 0 Å². The van der Waals surface area contributed by atoms with Crippen LogP contribution in [0, 0.1) is 0 Å². The highest BCUT2D eigenvalue weighted by molar-refractivity contribution is 6.13. The van der Waals surface area contributed by atoms with Gasteiger partial charge in [-0.3, -0.25) is 14.4 Å². The molecule has 9 nitrogen and oxygen atoms in total. The van der Waals surface area contributed by atoms with E-state index in [4.69, 9.17) is 15.2 Å². The first-order valence-electron chi connectivity index (χ1n) is 11.5. The quantitative estimate of drug-likeness (QED) is 0.266. The van der Waals surface area contributed by atoms with Gasteiger partial charge in [0.1, 0.15) is 11.8 Å². The van der Waals surface area contributed by atoms with Gasteiger partial charge in [0.25, 0.3) is 11.5 Å². The Balaban J connectivity index is 1.67. The van der Waals surface area contributed by atoms with Crippen LogP contribution in [0.25, 0.3) is 21.7 Å². The van der Waals surface area contributed by atoms with Crippen LogP contribution < -0.4 is 26.7 Å². The Kier molecular flexibility index (Phi) is 7.21. The lowest BCUT2D eigenvalue weighted by molar-refractivity contribution is -0.118. The normalized spacial score (nSPS) is 12.0. The van der Waals surface area contributed by atoms with Gasteiger partial charge in [-0.05, 0) is 55.6 Å². The second-order valence-electron chi connectivity index (χ2n) is 8.61. The van der Waals surface area contributed by atoms with E-state index in [1.807, 2.05) is 32.0 Å². The molecule has 0 aliphatic heterocycles. The van der Waals surface area contributed by atoms with Crippen molar-refractivity contribution in [1.82, 2.24) is 4.98 Å². The van der Waals surface area contributed by atoms with E-state index in [1.54, 1.807) is 49.6 Å². The Morgan fingerprint density at radius 3 is 2.47 bits per heavy atom. The summed E-state index contributed by atoms with van der Waals surface area (Å²) in [5, 5.41) is 7.77. The van der Waals surface area contributed by atoms with E-state index < -0.39 is 11.9 Å². The molecule has 36 heavy (non-hydrogen) atoms. The molecule has 0 aliphatic carbocycles. The molecule has 9 heteroatoms. The number of methoxy groups -OCH3 is 1. The highest BCUT2D eigenvalue weighted by Gasteiger charge is 2.21. The third-order valence-electron chi connectivity index (χ3n) is 5.71. The van der Waals surface area contributed by atoms with E-state index in [0.29, 0.717) is 38.8 Å². The molecule has 0 aliphatic rings. The number of nitrogens with one attached hydrogen (secondary N) is 3. The van der Waals surface area contributed by atoms with Crippen molar-refractivity contribution in [2.24, 2.45) is 5.73 Å². The van der Waals surface area contributed by atoms with E-state index in [1.165, 1.54) is 0 Å². The van der Waals surface area contributed by atoms with Gasteiger partial charge in [0.15, 0.2) is 0 Å². The SMILES string of the molecule is COc1cccc(N[C@@H](COC(C)C)C(=O)Nc2ccc3c(=O)[nH]c4c(C(N)=O)cccc4c3c2)c1. The number of aromatic amines is 1. The molecular formula is C27H28N4O5. The van der Waals surface area contributed by atoms with Gasteiger partial charge in [-0.25, -0.2) is 0 Å². The molecule has 1 heterocycles. The minimum Gasteiger partial charge on any atom is -0.497 e. The number of rotatable bonds is 9. The van der Waals surface area contributed by atoms with E-state index in [0.717, 1.165) is 0 Å². The molecule has 0 radical (unpaired) electrons. The van der Waals surface area contributed by atoms with Crippen molar-refractivity contribution >= 4 is 44.9 Å². The summed E-state index contributed by atoms with van der Waals surface area (Å²) in [6.07, 6.45) is -0.0642. The largest absolute Gasteiger partial charge is 0.497 e. The van der Waals surface area contributed by atoms with Crippen molar-refractivity contribution < 1.29 is 19.1 Å². The minimum absolute atomic E-state index is 0.0642. The lowest BCUT2D eigenvalue weighted by atomic mass is 10.0. The van der Waals surface area contributed by atoms with Crippen molar-refractivity contribution in [3.63, 3.8) is 0 Å². The second kappa shape index (κ2) is 10.5. The number of pyridine rings is 1. The summed E-state index contributed by atoms with van der Waals surface area (Å²) in [5.41, 5.74) is 6.90. The maximum absolute atomic E-state index is 13.3. The van der Waals surface area contributed by atoms with E-state index >= 15 is 0 Å². The number of hydrogen-bond donors (Lipinski definition) is 4. The Morgan fingerprint density at radius 2 is 1.75 bits per heavy atom. The lowest BCUT2D eigenvalue weighted by Gasteiger charge is -2.21. The molecule has 0 saturated heterocycles. The Morgan fingerprint density at radius 1 is 0.972 bits per heavy atom. The van der Waals surface area contributed by atoms with Crippen molar-refractivity contribution in [2.75, 3.05) is 24.4 Å². The molecule has 1 atom stereocenters. The summed E-state index contributed by atoms with van der Waals surface area (Å²) in [7, 11) is 1.58. The van der Waals surface area contributed by atoms with E-state index in [-0.39, 0.29) is 29.7 Å². The predicted molar refractivity (Wildman–Crippen MR) is 141 cm³/mol. The topological polar surface area (TPSA) is 136 Å². The Hall–Kier alpha value is -4.37. The zero-order valence-electron chi connectivity index (χ0n) is 20.3. The van der Waals surface area contributed by atoms with E-state index in [2.05, 4.69) is 15.6 Å². The van der Waals surface area contributed by atoms with Crippen molar-refractivity contribution in [3.8, 4) is 5.75 Å². The average Bonchev–Trinajstić information content (AvgIpc) is 2.86. The molecule has 2 amide bonds. The number of carbonyl (C=O) groups excluding carboxylic acids is 2. The fourth-order valence-corrected chi connectivity index (χ4v) is 3.96. The summed E-state index contributed by atoms with van der Waals surface area (Å²) in [5.74, 6) is -0.299. The number of benzene rings is 3. The number of ether oxygens (including phenoxy) is 2. The van der Waals surface area contributed by atoms with E-state index in [9.17, 15) is 14.4 Å². The molecule has 0 fully saturated rings. The monoisotopic (exact) mass is 488 g/mol. The van der Waals surface area contributed by atoms with Gasteiger partial charge in [-0.15, -0.1) is 0 Å². The summed E-state index contributed by atoms with van der Waals surface area (Å²) < 4.78 is 11.0. The first-order chi connectivity index (χ1) is 17.3. The second-order valence-corrected chi connectivity index (χ2v) is 8.61. The third-order valence-corrected chi connectivity index (χ3v) is 5.71. The van der Waals surface area contributed by atoms with Gasteiger partial charge in [0.2, 0.25) is 5.91 Å². The number of H-pyrrole nitrogens is 1. The first kappa shape index (κ1) is 24.7. The molecule has 0 spiro atoms. The van der Waals surface area contributed by atoms with Gasteiger partial charge < -0.3 is 30.8 Å². The molecule has 1 aromatic heterocycles. The highest BCUT2D eigenvalue weighted by atomic mass is 16.5.